The zero-order valence-corrected chi connectivity index (χ0v) is 9.87. The smallest absolute Gasteiger partial charge is 0.0671 e. The molecule has 1 aliphatic heterocycles. The standard InChI is InChI=1S/C13H15ClN2/c14-12-3-1-2-10-7-11-6-9(8-15)4-5-16(11)13(10)12/h1-3,7,9H,4-6,8,15H2. The second kappa shape index (κ2) is 3.79. The summed E-state index contributed by atoms with van der Waals surface area (Å²) in [6.07, 6.45) is 2.25. The maximum Gasteiger partial charge on any atom is 0.0671 e. The number of aromatic nitrogens is 1. The molecular weight excluding hydrogens is 220 g/mol. The fourth-order valence-electron chi connectivity index (χ4n) is 2.67. The highest BCUT2D eigenvalue weighted by Gasteiger charge is 2.20. The molecule has 1 aliphatic rings. The minimum Gasteiger partial charge on any atom is -0.343 e. The van der Waals surface area contributed by atoms with Gasteiger partial charge < -0.3 is 10.3 Å². The van der Waals surface area contributed by atoms with Crippen LogP contribution in [0, 0.1) is 5.92 Å². The van der Waals surface area contributed by atoms with Crippen LogP contribution in [0.15, 0.2) is 24.3 Å². The number of rotatable bonds is 1. The normalized spacial score (nSPS) is 20.0. The van der Waals surface area contributed by atoms with Gasteiger partial charge in [-0.1, -0.05) is 23.7 Å². The third-order valence-electron chi connectivity index (χ3n) is 3.55. The summed E-state index contributed by atoms with van der Waals surface area (Å²) < 4.78 is 2.35. The van der Waals surface area contributed by atoms with Gasteiger partial charge in [-0.3, -0.25) is 0 Å². The van der Waals surface area contributed by atoms with Crippen molar-refractivity contribution in [2.75, 3.05) is 6.54 Å². The molecular formula is C13H15ClN2. The number of aryl methyl sites for hydroxylation is 1. The Morgan fingerprint density at radius 1 is 1.44 bits per heavy atom. The number of benzene rings is 1. The van der Waals surface area contributed by atoms with E-state index in [-0.39, 0.29) is 0 Å². The Kier molecular flexibility index (Phi) is 2.41. The fourth-order valence-corrected chi connectivity index (χ4v) is 2.95. The van der Waals surface area contributed by atoms with Crippen LogP contribution in [0.4, 0.5) is 0 Å². The average Bonchev–Trinajstić information content (AvgIpc) is 2.67. The summed E-state index contributed by atoms with van der Waals surface area (Å²) in [5.74, 6) is 0.635. The van der Waals surface area contributed by atoms with Crippen molar-refractivity contribution in [3.05, 3.63) is 35.0 Å². The van der Waals surface area contributed by atoms with Crippen molar-refractivity contribution in [3.63, 3.8) is 0 Å². The Morgan fingerprint density at radius 3 is 3.12 bits per heavy atom. The summed E-state index contributed by atoms with van der Waals surface area (Å²) in [6, 6.07) is 8.36. The van der Waals surface area contributed by atoms with E-state index in [1.165, 1.54) is 23.0 Å². The first kappa shape index (κ1) is 10.2. The molecule has 0 amide bonds. The molecule has 0 radical (unpaired) electrons. The first-order valence-corrected chi connectivity index (χ1v) is 6.14. The molecule has 2 N–H and O–H groups in total. The molecule has 0 spiro atoms. The molecule has 2 heterocycles. The lowest BCUT2D eigenvalue weighted by Crippen LogP contribution is -2.24. The molecule has 2 nitrogen and oxygen atoms in total. The number of hydrogen-bond donors (Lipinski definition) is 1. The lowest BCUT2D eigenvalue weighted by atomic mass is 9.96. The van der Waals surface area contributed by atoms with Crippen LogP contribution in [0.25, 0.3) is 10.9 Å². The van der Waals surface area contributed by atoms with Crippen LogP contribution in [0.1, 0.15) is 12.1 Å². The quantitative estimate of drug-likeness (QED) is 0.808. The number of para-hydroxylation sites is 1. The molecule has 3 heteroatoms. The highest BCUT2D eigenvalue weighted by Crippen LogP contribution is 2.31. The molecule has 3 rings (SSSR count). The Bertz CT molecular complexity index is 530. The zero-order valence-electron chi connectivity index (χ0n) is 9.12. The van der Waals surface area contributed by atoms with Gasteiger partial charge in [-0.25, -0.2) is 0 Å². The van der Waals surface area contributed by atoms with Gasteiger partial charge in [0.2, 0.25) is 0 Å². The topological polar surface area (TPSA) is 30.9 Å². The predicted octanol–water partition coefficient (Wildman–Crippen LogP) is 2.82. The number of halogens is 1. The van der Waals surface area contributed by atoms with Gasteiger partial charge in [-0.05, 0) is 37.4 Å². The Balaban J connectivity index is 2.17. The maximum atomic E-state index is 6.26. The zero-order chi connectivity index (χ0) is 11.1. The lowest BCUT2D eigenvalue weighted by Gasteiger charge is -2.23. The Hall–Kier alpha value is -0.990. The third kappa shape index (κ3) is 1.45. The monoisotopic (exact) mass is 234 g/mol. The van der Waals surface area contributed by atoms with Gasteiger partial charge in [0, 0.05) is 17.6 Å². The van der Waals surface area contributed by atoms with E-state index in [4.69, 9.17) is 17.3 Å². The lowest BCUT2D eigenvalue weighted by molar-refractivity contribution is 0.402. The van der Waals surface area contributed by atoms with Crippen LogP contribution in [-0.2, 0) is 13.0 Å². The van der Waals surface area contributed by atoms with Crippen molar-refractivity contribution in [1.82, 2.24) is 4.57 Å². The molecule has 1 aromatic carbocycles. The van der Waals surface area contributed by atoms with Crippen molar-refractivity contribution in [3.8, 4) is 0 Å². The molecule has 0 saturated carbocycles. The molecule has 0 saturated heterocycles. The van der Waals surface area contributed by atoms with Gasteiger partial charge in [0.1, 0.15) is 0 Å². The summed E-state index contributed by atoms with van der Waals surface area (Å²) >= 11 is 6.26. The minimum absolute atomic E-state index is 0.635. The van der Waals surface area contributed by atoms with E-state index in [0.717, 1.165) is 24.5 Å². The maximum absolute atomic E-state index is 6.26. The van der Waals surface area contributed by atoms with Crippen LogP contribution in [0.2, 0.25) is 5.02 Å². The largest absolute Gasteiger partial charge is 0.343 e. The van der Waals surface area contributed by atoms with E-state index < -0.39 is 0 Å². The minimum atomic E-state index is 0.635. The van der Waals surface area contributed by atoms with Gasteiger partial charge in [0.25, 0.3) is 0 Å². The van der Waals surface area contributed by atoms with E-state index >= 15 is 0 Å². The molecule has 2 aromatic rings. The second-order valence-electron chi connectivity index (χ2n) is 4.56. The number of nitrogens with two attached hydrogens (primary N) is 1. The highest BCUT2D eigenvalue weighted by molar-refractivity contribution is 6.35. The molecule has 0 fully saturated rings. The van der Waals surface area contributed by atoms with E-state index in [1.54, 1.807) is 0 Å². The van der Waals surface area contributed by atoms with E-state index in [2.05, 4.69) is 16.7 Å². The van der Waals surface area contributed by atoms with Crippen molar-refractivity contribution < 1.29 is 0 Å². The number of nitrogens with zero attached hydrogens (tertiary/aromatic N) is 1. The fraction of sp³-hybridized carbons (Fsp3) is 0.385. The highest BCUT2D eigenvalue weighted by atomic mass is 35.5. The summed E-state index contributed by atoms with van der Waals surface area (Å²) in [4.78, 5) is 0. The van der Waals surface area contributed by atoms with Crippen molar-refractivity contribution in [2.45, 2.75) is 19.4 Å². The van der Waals surface area contributed by atoms with Crippen molar-refractivity contribution in [1.29, 1.82) is 0 Å². The number of fused-ring (bicyclic) bond motifs is 3. The van der Waals surface area contributed by atoms with Gasteiger partial charge in [-0.15, -0.1) is 0 Å². The van der Waals surface area contributed by atoms with Crippen molar-refractivity contribution >= 4 is 22.5 Å². The van der Waals surface area contributed by atoms with Crippen LogP contribution in [-0.4, -0.2) is 11.1 Å². The SMILES string of the molecule is NCC1CCn2c(cc3cccc(Cl)c32)C1. The van der Waals surface area contributed by atoms with Gasteiger partial charge >= 0.3 is 0 Å². The second-order valence-corrected chi connectivity index (χ2v) is 4.97. The van der Waals surface area contributed by atoms with Gasteiger partial charge in [0.05, 0.1) is 10.5 Å². The molecule has 84 valence electrons. The summed E-state index contributed by atoms with van der Waals surface area (Å²) in [5, 5.41) is 2.11. The van der Waals surface area contributed by atoms with Crippen LogP contribution in [0.5, 0.6) is 0 Å². The summed E-state index contributed by atoms with van der Waals surface area (Å²) in [6.45, 7) is 1.83. The first-order valence-electron chi connectivity index (χ1n) is 5.76. The van der Waals surface area contributed by atoms with Crippen molar-refractivity contribution in [2.24, 2.45) is 11.7 Å². The molecule has 16 heavy (non-hydrogen) atoms. The number of hydrogen-bond acceptors (Lipinski definition) is 1. The Morgan fingerprint density at radius 2 is 2.31 bits per heavy atom. The van der Waals surface area contributed by atoms with E-state index in [9.17, 15) is 0 Å². The van der Waals surface area contributed by atoms with E-state index in [1.807, 2.05) is 12.1 Å². The molecule has 1 atom stereocenters. The molecule has 0 aliphatic carbocycles. The summed E-state index contributed by atoms with van der Waals surface area (Å²) in [5.41, 5.74) is 8.32. The average molecular weight is 235 g/mol. The Labute approximate surface area is 100.0 Å². The van der Waals surface area contributed by atoms with E-state index in [0.29, 0.717) is 5.92 Å². The first-order chi connectivity index (χ1) is 7.79. The molecule has 1 unspecified atom stereocenters. The third-order valence-corrected chi connectivity index (χ3v) is 3.85. The van der Waals surface area contributed by atoms with Gasteiger partial charge in [0.15, 0.2) is 0 Å². The van der Waals surface area contributed by atoms with Crippen LogP contribution < -0.4 is 5.73 Å². The van der Waals surface area contributed by atoms with Crippen LogP contribution >= 0.6 is 11.6 Å². The molecule has 0 bridgehead atoms. The predicted molar refractivity (Wildman–Crippen MR) is 67.8 cm³/mol. The summed E-state index contributed by atoms with van der Waals surface area (Å²) in [7, 11) is 0. The van der Waals surface area contributed by atoms with Gasteiger partial charge in [-0.2, -0.15) is 0 Å². The van der Waals surface area contributed by atoms with Crippen LogP contribution in [0.3, 0.4) is 0 Å². The molecule has 1 aromatic heterocycles.